The highest BCUT2D eigenvalue weighted by atomic mass is 32.2. The van der Waals surface area contributed by atoms with Crippen LogP contribution in [0, 0.1) is 17.5 Å². The van der Waals surface area contributed by atoms with E-state index in [0.717, 1.165) is 11.8 Å². The van der Waals surface area contributed by atoms with Gasteiger partial charge in [-0.1, -0.05) is 30.3 Å². The molecule has 0 spiro atoms. The fourth-order valence-electron chi connectivity index (χ4n) is 3.27. The molecule has 0 unspecified atom stereocenters. The summed E-state index contributed by atoms with van der Waals surface area (Å²) in [5.41, 5.74) is -0.0299. The first-order valence-corrected chi connectivity index (χ1v) is 11.7. The minimum Gasteiger partial charge on any atom is -0.490 e. The molecule has 1 fully saturated rings. The van der Waals surface area contributed by atoms with E-state index < -0.39 is 46.7 Å². The number of nitrogens with zero attached hydrogens (tertiary/aromatic N) is 1. The van der Waals surface area contributed by atoms with Crippen molar-refractivity contribution >= 4 is 40.6 Å². The molecule has 4 rings (SSSR count). The number of hydrogen-bond donors (Lipinski definition) is 1. The number of carbonyl (C=O) groups excluding carboxylic acids is 3. The monoisotopic (exact) mass is 528 g/mol. The molecule has 0 bridgehead atoms. The molecular formula is C26H19F3N2O5S. The van der Waals surface area contributed by atoms with Crippen LogP contribution in [-0.2, 0) is 9.59 Å². The number of imide groups is 1. The zero-order valence-electron chi connectivity index (χ0n) is 19.1. The van der Waals surface area contributed by atoms with Gasteiger partial charge in [0.05, 0.1) is 10.6 Å². The van der Waals surface area contributed by atoms with Crippen LogP contribution in [0.4, 0.5) is 23.7 Å². The number of para-hydroxylation sites is 1. The largest absolute Gasteiger partial charge is 0.490 e. The summed E-state index contributed by atoms with van der Waals surface area (Å²) in [6.07, 6.45) is 1.48. The van der Waals surface area contributed by atoms with E-state index in [1.807, 2.05) is 35.6 Å². The molecule has 3 aromatic carbocycles. The van der Waals surface area contributed by atoms with Crippen molar-refractivity contribution in [1.29, 1.82) is 0 Å². The fourth-order valence-corrected chi connectivity index (χ4v) is 4.11. The lowest BCUT2D eigenvalue weighted by molar-refractivity contribution is -0.127. The summed E-state index contributed by atoms with van der Waals surface area (Å²) in [5.74, 6) is -5.18. The standard InChI is InChI=1S/C26H19F3N2O5S/c27-19-9-10-20(24(29)23(19)28)30-22(32)15-31-25(33)21(37-26(31)34)14-16-5-4-8-18(13-16)36-12-11-35-17-6-2-1-3-7-17/h1-10,13-14H,11-12,15H2,(H,30,32)/b21-14+. The second-order valence-corrected chi connectivity index (χ2v) is 8.61. The summed E-state index contributed by atoms with van der Waals surface area (Å²) in [7, 11) is 0. The van der Waals surface area contributed by atoms with Gasteiger partial charge in [0.25, 0.3) is 11.1 Å². The molecule has 1 aliphatic rings. The third kappa shape index (κ3) is 6.50. The van der Waals surface area contributed by atoms with Crippen molar-refractivity contribution < 1.29 is 37.0 Å². The van der Waals surface area contributed by atoms with Crippen LogP contribution in [-0.4, -0.2) is 41.7 Å². The topological polar surface area (TPSA) is 84.9 Å². The van der Waals surface area contributed by atoms with E-state index in [0.29, 0.717) is 40.6 Å². The normalized spacial score (nSPS) is 14.2. The predicted octanol–water partition coefficient (Wildman–Crippen LogP) is 5.24. The van der Waals surface area contributed by atoms with Gasteiger partial charge in [0.15, 0.2) is 17.5 Å². The van der Waals surface area contributed by atoms with Crippen LogP contribution in [0.25, 0.3) is 6.08 Å². The quantitative estimate of drug-likeness (QED) is 0.232. The Balaban J connectivity index is 1.34. The number of amides is 3. The molecule has 3 amide bonds. The van der Waals surface area contributed by atoms with Gasteiger partial charge < -0.3 is 14.8 Å². The molecule has 1 aliphatic heterocycles. The predicted molar refractivity (Wildman–Crippen MR) is 131 cm³/mol. The van der Waals surface area contributed by atoms with Gasteiger partial charge >= 0.3 is 0 Å². The van der Waals surface area contributed by atoms with Crippen molar-refractivity contribution in [3.05, 3.63) is 94.7 Å². The van der Waals surface area contributed by atoms with Gasteiger partial charge in [-0.3, -0.25) is 19.3 Å². The molecule has 190 valence electrons. The molecule has 7 nitrogen and oxygen atoms in total. The molecule has 0 saturated carbocycles. The fraction of sp³-hybridized carbons (Fsp3) is 0.115. The van der Waals surface area contributed by atoms with Crippen LogP contribution < -0.4 is 14.8 Å². The molecule has 1 heterocycles. The molecule has 0 radical (unpaired) electrons. The van der Waals surface area contributed by atoms with Crippen molar-refractivity contribution in [3.8, 4) is 11.5 Å². The lowest BCUT2D eigenvalue weighted by Gasteiger charge is -2.13. The molecule has 0 aliphatic carbocycles. The van der Waals surface area contributed by atoms with Gasteiger partial charge in [-0.05, 0) is 59.8 Å². The number of hydrogen-bond acceptors (Lipinski definition) is 6. The van der Waals surface area contributed by atoms with E-state index in [9.17, 15) is 27.6 Å². The third-order valence-electron chi connectivity index (χ3n) is 5.00. The Morgan fingerprint density at radius 3 is 2.35 bits per heavy atom. The molecule has 1 saturated heterocycles. The molecule has 0 aromatic heterocycles. The zero-order valence-corrected chi connectivity index (χ0v) is 19.9. The van der Waals surface area contributed by atoms with Crippen molar-refractivity contribution in [2.45, 2.75) is 0 Å². The van der Waals surface area contributed by atoms with Gasteiger partial charge in [-0.25, -0.2) is 13.2 Å². The third-order valence-corrected chi connectivity index (χ3v) is 5.91. The van der Waals surface area contributed by atoms with Gasteiger partial charge in [0.2, 0.25) is 5.91 Å². The first kappa shape index (κ1) is 25.8. The van der Waals surface area contributed by atoms with E-state index in [-0.39, 0.29) is 11.5 Å². The maximum atomic E-state index is 13.8. The van der Waals surface area contributed by atoms with Crippen LogP contribution in [0.2, 0.25) is 0 Å². The van der Waals surface area contributed by atoms with Crippen molar-refractivity contribution in [2.75, 3.05) is 25.1 Å². The lowest BCUT2D eigenvalue weighted by atomic mass is 10.2. The van der Waals surface area contributed by atoms with Crippen LogP contribution in [0.5, 0.6) is 11.5 Å². The summed E-state index contributed by atoms with van der Waals surface area (Å²) < 4.78 is 51.5. The minimum atomic E-state index is -1.75. The molecule has 3 aromatic rings. The number of ether oxygens (including phenoxy) is 2. The number of carbonyl (C=O) groups is 3. The lowest BCUT2D eigenvalue weighted by Crippen LogP contribution is -2.36. The van der Waals surface area contributed by atoms with Crippen LogP contribution in [0.15, 0.2) is 71.6 Å². The van der Waals surface area contributed by atoms with Crippen LogP contribution >= 0.6 is 11.8 Å². The Labute approximate surface area is 213 Å². The number of anilines is 1. The first-order valence-electron chi connectivity index (χ1n) is 10.9. The summed E-state index contributed by atoms with van der Waals surface area (Å²) in [6, 6.07) is 17.6. The number of thioether (sulfide) groups is 1. The second kappa shape index (κ2) is 11.7. The van der Waals surface area contributed by atoms with Crippen LogP contribution in [0.1, 0.15) is 5.56 Å². The highest BCUT2D eigenvalue weighted by Crippen LogP contribution is 2.32. The Morgan fingerprint density at radius 2 is 1.59 bits per heavy atom. The van der Waals surface area contributed by atoms with Gasteiger partial charge in [-0.2, -0.15) is 0 Å². The maximum absolute atomic E-state index is 13.8. The van der Waals surface area contributed by atoms with Crippen molar-refractivity contribution in [1.82, 2.24) is 4.90 Å². The molecule has 1 N–H and O–H groups in total. The van der Waals surface area contributed by atoms with Gasteiger partial charge in [0.1, 0.15) is 31.3 Å². The minimum absolute atomic E-state index is 0.0707. The average molecular weight is 529 g/mol. The number of benzene rings is 3. The summed E-state index contributed by atoms with van der Waals surface area (Å²) >= 11 is 0.631. The number of nitrogens with one attached hydrogen (secondary N) is 1. The summed E-state index contributed by atoms with van der Waals surface area (Å²) in [4.78, 5) is 38.0. The first-order chi connectivity index (χ1) is 17.8. The van der Waals surface area contributed by atoms with E-state index in [1.54, 1.807) is 24.3 Å². The zero-order chi connectivity index (χ0) is 26.4. The highest BCUT2D eigenvalue weighted by Gasteiger charge is 2.36. The molecule has 37 heavy (non-hydrogen) atoms. The highest BCUT2D eigenvalue weighted by molar-refractivity contribution is 8.18. The smallest absolute Gasteiger partial charge is 0.294 e. The summed E-state index contributed by atoms with van der Waals surface area (Å²) in [6.45, 7) is -0.128. The maximum Gasteiger partial charge on any atom is 0.294 e. The average Bonchev–Trinajstić information content (AvgIpc) is 3.15. The van der Waals surface area contributed by atoms with Crippen molar-refractivity contribution in [3.63, 3.8) is 0 Å². The van der Waals surface area contributed by atoms with E-state index in [1.165, 1.54) is 6.08 Å². The Morgan fingerprint density at radius 1 is 0.892 bits per heavy atom. The van der Waals surface area contributed by atoms with E-state index in [2.05, 4.69) is 0 Å². The molecular weight excluding hydrogens is 509 g/mol. The van der Waals surface area contributed by atoms with Crippen molar-refractivity contribution in [2.24, 2.45) is 0 Å². The van der Waals surface area contributed by atoms with Crippen LogP contribution in [0.3, 0.4) is 0 Å². The Kier molecular flexibility index (Phi) is 8.14. The summed E-state index contributed by atoms with van der Waals surface area (Å²) in [5, 5.41) is 1.32. The Hall–Kier alpha value is -4.25. The van der Waals surface area contributed by atoms with Gasteiger partial charge in [-0.15, -0.1) is 0 Å². The van der Waals surface area contributed by atoms with E-state index in [4.69, 9.17) is 9.47 Å². The molecule has 11 heteroatoms. The SMILES string of the molecule is O=C(CN1C(=O)S/C(=C/c2cccc(OCCOc3ccccc3)c2)C1=O)Nc1ccc(F)c(F)c1F. The number of halogens is 3. The van der Waals surface area contributed by atoms with Gasteiger partial charge in [0, 0.05) is 0 Å². The number of rotatable bonds is 9. The Bertz CT molecular complexity index is 1370. The van der Waals surface area contributed by atoms with E-state index >= 15 is 0 Å². The second-order valence-electron chi connectivity index (χ2n) is 7.62. The molecule has 0 atom stereocenters.